The molecule has 158 valence electrons. The second-order valence-corrected chi connectivity index (χ2v) is 17.0. The van der Waals surface area contributed by atoms with Gasteiger partial charge in [0.2, 0.25) is 0 Å². The SMILES string of the molecule is CCCN(CC(C)O[Si](C)(C)C(C)(C)C)S(=O)(=O)c1sc2ccccc2c1C. The Labute approximate surface area is 176 Å². The normalized spacial score (nSPS) is 14.8. The van der Waals surface area contributed by atoms with Crippen LogP contribution < -0.4 is 0 Å². The third-order valence-electron chi connectivity index (χ3n) is 5.61. The number of hydrogen-bond acceptors (Lipinski definition) is 4. The van der Waals surface area contributed by atoms with Gasteiger partial charge in [0, 0.05) is 17.8 Å². The molecule has 2 aromatic rings. The summed E-state index contributed by atoms with van der Waals surface area (Å²) in [6.07, 6.45) is 0.632. The molecule has 0 spiro atoms. The second-order valence-electron chi connectivity index (χ2n) is 9.06. The van der Waals surface area contributed by atoms with Crippen molar-refractivity contribution >= 4 is 39.8 Å². The van der Waals surface area contributed by atoms with Gasteiger partial charge in [-0.2, -0.15) is 4.31 Å². The van der Waals surface area contributed by atoms with Crippen molar-refractivity contribution in [1.82, 2.24) is 4.31 Å². The average Bonchev–Trinajstić information content (AvgIpc) is 2.91. The lowest BCUT2D eigenvalue weighted by atomic mass is 10.2. The van der Waals surface area contributed by atoms with E-state index in [1.807, 2.05) is 45.0 Å². The molecule has 1 aromatic heterocycles. The zero-order valence-corrected chi connectivity index (χ0v) is 21.1. The van der Waals surface area contributed by atoms with Crippen LogP contribution in [0.3, 0.4) is 0 Å². The highest BCUT2D eigenvalue weighted by Gasteiger charge is 2.39. The van der Waals surface area contributed by atoms with E-state index in [1.54, 1.807) is 4.31 Å². The third kappa shape index (κ3) is 4.87. The van der Waals surface area contributed by atoms with Crippen LogP contribution in [0.5, 0.6) is 0 Å². The molecule has 2 rings (SSSR count). The van der Waals surface area contributed by atoms with Crippen LogP contribution in [0.25, 0.3) is 10.1 Å². The predicted molar refractivity (Wildman–Crippen MR) is 123 cm³/mol. The van der Waals surface area contributed by atoms with Crippen LogP contribution in [0.15, 0.2) is 28.5 Å². The number of fused-ring (bicyclic) bond motifs is 1. The summed E-state index contributed by atoms with van der Waals surface area (Å²) in [5, 5.41) is 1.12. The van der Waals surface area contributed by atoms with Crippen molar-refractivity contribution in [2.75, 3.05) is 13.1 Å². The van der Waals surface area contributed by atoms with Gasteiger partial charge in [0.05, 0.1) is 6.10 Å². The number of benzene rings is 1. The highest BCUT2D eigenvalue weighted by molar-refractivity contribution is 7.91. The molecule has 0 aliphatic heterocycles. The molecule has 0 N–H and O–H groups in total. The number of nitrogens with zero attached hydrogens (tertiary/aromatic N) is 1. The number of rotatable bonds is 8. The Bertz CT molecular complexity index is 913. The third-order valence-corrected chi connectivity index (χ3v) is 13.9. The Balaban J connectivity index is 2.32. The second kappa shape index (κ2) is 8.56. The van der Waals surface area contributed by atoms with Crippen LogP contribution >= 0.6 is 11.3 Å². The fraction of sp³-hybridized carbons (Fsp3) is 0.619. The molecule has 0 fully saturated rings. The van der Waals surface area contributed by atoms with E-state index in [4.69, 9.17) is 4.43 Å². The zero-order chi connectivity index (χ0) is 21.3. The van der Waals surface area contributed by atoms with Crippen molar-refractivity contribution in [3.63, 3.8) is 0 Å². The van der Waals surface area contributed by atoms with E-state index in [1.165, 1.54) is 11.3 Å². The molecule has 1 unspecified atom stereocenters. The van der Waals surface area contributed by atoms with Gasteiger partial charge in [-0.05, 0) is 55.4 Å². The van der Waals surface area contributed by atoms with Crippen molar-refractivity contribution in [2.45, 2.75) is 76.4 Å². The summed E-state index contributed by atoms with van der Waals surface area (Å²) in [7, 11) is -5.51. The lowest BCUT2D eigenvalue weighted by Crippen LogP contribution is -2.47. The first-order chi connectivity index (χ1) is 12.8. The quantitative estimate of drug-likeness (QED) is 0.471. The number of aryl methyl sites for hydroxylation is 1. The van der Waals surface area contributed by atoms with Gasteiger partial charge in [-0.15, -0.1) is 11.3 Å². The summed E-state index contributed by atoms with van der Waals surface area (Å²) in [6.45, 7) is 17.8. The molecule has 0 bridgehead atoms. The Morgan fingerprint density at radius 1 is 1.21 bits per heavy atom. The van der Waals surface area contributed by atoms with Crippen LogP contribution in [0.4, 0.5) is 0 Å². The first kappa shape index (κ1) is 23.5. The molecule has 0 saturated heterocycles. The molecule has 0 amide bonds. The van der Waals surface area contributed by atoms with Crippen LogP contribution in [0.2, 0.25) is 18.1 Å². The highest BCUT2D eigenvalue weighted by Crippen LogP contribution is 2.38. The van der Waals surface area contributed by atoms with E-state index in [0.717, 1.165) is 22.1 Å². The largest absolute Gasteiger partial charge is 0.413 e. The van der Waals surface area contributed by atoms with E-state index in [-0.39, 0.29) is 11.1 Å². The Hall–Kier alpha value is -0.733. The molecule has 1 heterocycles. The fourth-order valence-corrected chi connectivity index (χ4v) is 8.02. The van der Waals surface area contributed by atoms with Gasteiger partial charge in [0.15, 0.2) is 8.32 Å². The monoisotopic (exact) mass is 441 g/mol. The van der Waals surface area contributed by atoms with E-state index in [2.05, 4.69) is 33.9 Å². The number of sulfonamides is 1. The highest BCUT2D eigenvalue weighted by atomic mass is 32.2. The Morgan fingerprint density at radius 3 is 2.36 bits per heavy atom. The summed E-state index contributed by atoms with van der Waals surface area (Å²) in [5.74, 6) is 0. The molecule has 0 aliphatic rings. The summed E-state index contributed by atoms with van der Waals surface area (Å²) < 4.78 is 36.5. The fourth-order valence-electron chi connectivity index (χ4n) is 3.08. The van der Waals surface area contributed by atoms with Crippen LogP contribution in [0, 0.1) is 6.92 Å². The van der Waals surface area contributed by atoms with Crippen molar-refractivity contribution in [1.29, 1.82) is 0 Å². The lowest BCUT2D eigenvalue weighted by Gasteiger charge is -2.39. The number of thiophene rings is 1. The van der Waals surface area contributed by atoms with E-state index < -0.39 is 18.3 Å². The summed E-state index contributed by atoms with van der Waals surface area (Å²) in [5.41, 5.74) is 0.847. The minimum Gasteiger partial charge on any atom is -0.413 e. The van der Waals surface area contributed by atoms with Crippen molar-refractivity contribution in [3.05, 3.63) is 29.8 Å². The number of hydrogen-bond donors (Lipinski definition) is 0. The Kier molecular flexibility index (Phi) is 7.20. The molecule has 4 nitrogen and oxygen atoms in total. The topological polar surface area (TPSA) is 46.6 Å². The first-order valence-corrected chi connectivity index (χ1v) is 15.1. The molecular formula is C21H35NO3S2Si. The molecular weight excluding hydrogens is 406 g/mol. The zero-order valence-electron chi connectivity index (χ0n) is 18.5. The maximum atomic E-state index is 13.5. The average molecular weight is 442 g/mol. The summed E-state index contributed by atoms with van der Waals surface area (Å²) in [6, 6.07) is 7.89. The molecule has 1 atom stereocenters. The summed E-state index contributed by atoms with van der Waals surface area (Å²) in [4.78, 5) is 0. The van der Waals surface area contributed by atoms with E-state index in [9.17, 15) is 8.42 Å². The van der Waals surface area contributed by atoms with Gasteiger partial charge in [0.25, 0.3) is 10.0 Å². The van der Waals surface area contributed by atoms with Crippen LogP contribution in [0.1, 0.15) is 46.6 Å². The molecule has 0 radical (unpaired) electrons. The molecule has 7 heteroatoms. The molecule has 0 saturated carbocycles. The van der Waals surface area contributed by atoms with Gasteiger partial charge in [0.1, 0.15) is 4.21 Å². The molecule has 0 aliphatic carbocycles. The van der Waals surface area contributed by atoms with Crippen molar-refractivity contribution in [2.24, 2.45) is 0 Å². The lowest BCUT2D eigenvalue weighted by molar-refractivity contribution is 0.169. The smallest absolute Gasteiger partial charge is 0.252 e. The maximum Gasteiger partial charge on any atom is 0.252 e. The van der Waals surface area contributed by atoms with Crippen LogP contribution in [-0.2, 0) is 14.4 Å². The van der Waals surface area contributed by atoms with Crippen LogP contribution in [-0.4, -0.2) is 40.2 Å². The minimum atomic E-state index is -3.55. The predicted octanol–water partition coefficient (Wildman–Crippen LogP) is 6.02. The molecule has 28 heavy (non-hydrogen) atoms. The summed E-state index contributed by atoms with van der Waals surface area (Å²) >= 11 is 1.37. The van der Waals surface area contributed by atoms with E-state index in [0.29, 0.717) is 17.3 Å². The molecule has 1 aromatic carbocycles. The first-order valence-electron chi connectivity index (χ1n) is 9.97. The Morgan fingerprint density at radius 2 is 1.82 bits per heavy atom. The standard InChI is InChI=1S/C21H35NO3S2Si/c1-9-14-22(15-16(2)25-28(7,8)21(4,5)6)27(23,24)20-17(3)18-12-10-11-13-19(18)26-20/h10-13,16H,9,14-15H2,1-8H3. The van der Waals surface area contributed by atoms with Gasteiger partial charge in [-0.1, -0.05) is 45.9 Å². The van der Waals surface area contributed by atoms with E-state index >= 15 is 0 Å². The maximum absolute atomic E-state index is 13.5. The van der Waals surface area contributed by atoms with Gasteiger partial charge in [-0.25, -0.2) is 8.42 Å². The van der Waals surface area contributed by atoms with Gasteiger partial charge in [-0.3, -0.25) is 0 Å². The van der Waals surface area contributed by atoms with Crippen molar-refractivity contribution < 1.29 is 12.8 Å². The van der Waals surface area contributed by atoms with Gasteiger partial charge >= 0.3 is 0 Å². The van der Waals surface area contributed by atoms with Crippen molar-refractivity contribution in [3.8, 4) is 0 Å². The minimum absolute atomic E-state index is 0.0950. The van der Waals surface area contributed by atoms with Gasteiger partial charge < -0.3 is 4.43 Å².